The zero-order valence-electron chi connectivity index (χ0n) is 13.0. The van der Waals surface area contributed by atoms with Gasteiger partial charge in [0.1, 0.15) is 0 Å². The van der Waals surface area contributed by atoms with Crippen molar-refractivity contribution in [3.8, 4) is 0 Å². The highest BCUT2D eigenvalue weighted by Crippen LogP contribution is 2.26. The Morgan fingerprint density at radius 1 is 1.10 bits per heavy atom. The summed E-state index contributed by atoms with van der Waals surface area (Å²) in [6.45, 7) is 5.93. The Hall–Kier alpha value is -1.84. The molecule has 1 aromatic carbocycles. The van der Waals surface area contributed by atoms with Gasteiger partial charge in [-0.05, 0) is 42.5 Å². The minimum Gasteiger partial charge on any atom is -0.478 e. The maximum atomic E-state index is 11.4. The molecule has 2 N–H and O–H groups in total. The van der Waals surface area contributed by atoms with E-state index in [4.69, 9.17) is 0 Å². The van der Waals surface area contributed by atoms with Gasteiger partial charge < -0.3 is 10.2 Å². The van der Waals surface area contributed by atoms with Crippen molar-refractivity contribution in [3.63, 3.8) is 0 Å². The molecule has 0 radical (unpaired) electrons. The molecule has 0 bridgehead atoms. The molecule has 21 heavy (non-hydrogen) atoms. The predicted molar refractivity (Wildman–Crippen MR) is 82.1 cm³/mol. The van der Waals surface area contributed by atoms with Crippen LogP contribution >= 0.6 is 0 Å². The first-order valence-corrected chi connectivity index (χ1v) is 7.51. The standard InChI is InChI=1S/C17H24O4/c1-4-6-7-12(5-2)10-15-11(3)13(16(18)19)8-9-14(15)17(20)21/h8-9,12H,4-7,10H2,1-3H3,(H,18,19)(H,20,21). The van der Waals surface area contributed by atoms with Crippen molar-refractivity contribution >= 4 is 11.9 Å². The van der Waals surface area contributed by atoms with Crippen LogP contribution in [0.4, 0.5) is 0 Å². The number of carbonyl (C=O) groups is 2. The number of rotatable bonds is 8. The summed E-state index contributed by atoms with van der Waals surface area (Å²) in [6.07, 6.45) is 4.86. The fraction of sp³-hybridized carbons (Fsp3) is 0.529. The number of hydrogen-bond donors (Lipinski definition) is 2. The molecule has 0 fully saturated rings. The molecule has 0 aliphatic heterocycles. The molecule has 1 atom stereocenters. The highest BCUT2D eigenvalue weighted by molar-refractivity contribution is 5.94. The molecule has 0 aromatic heterocycles. The average molecular weight is 292 g/mol. The summed E-state index contributed by atoms with van der Waals surface area (Å²) in [7, 11) is 0. The molecule has 116 valence electrons. The van der Waals surface area contributed by atoms with E-state index in [9.17, 15) is 19.8 Å². The van der Waals surface area contributed by atoms with E-state index in [1.807, 2.05) is 0 Å². The second kappa shape index (κ2) is 7.81. The largest absolute Gasteiger partial charge is 0.478 e. The number of hydrogen-bond acceptors (Lipinski definition) is 2. The smallest absolute Gasteiger partial charge is 0.335 e. The van der Waals surface area contributed by atoms with E-state index in [2.05, 4.69) is 13.8 Å². The van der Waals surface area contributed by atoms with Gasteiger partial charge in [0, 0.05) is 0 Å². The van der Waals surface area contributed by atoms with Gasteiger partial charge in [-0.2, -0.15) is 0 Å². The van der Waals surface area contributed by atoms with Crippen molar-refractivity contribution in [1.29, 1.82) is 0 Å². The fourth-order valence-electron chi connectivity index (χ4n) is 2.68. The molecule has 1 aromatic rings. The molecular weight excluding hydrogens is 268 g/mol. The van der Waals surface area contributed by atoms with Crippen LogP contribution < -0.4 is 0 Å². The predicted octanol–water partition coefficient (Wildman–Crippen LogP) is 4.15. The van der Waals surface area contributed by atoms with Crippen LogP contribution in [0.5, 0.6) is 0 Å². The van der Waals surface area contributed by atoms with Gasteiger partial charge in [-0.3, -0.25) is 0 Å². The lowest BCUT2D eigenvalue weighted by molar-refractivity contribution is 0.0679. The molecule has 0 saturated carbocycles. The maximum absolute atomic E-state index is 11.4. The third-order valence-electron chi connectivity index (χ3n) is 4.10. The number of aromatic carboxylic acids is 2. The van der Waals surface area contributed by atoms with Crippen molar-refractivity contribution < 1.29 is 19.8 Å². The summed E-state index contributed by atoms with van der Waals surface area (Å²) in [5, 5.41) is 18.5. The molecule has 0 spiro atoms. The SMILES string of the molecule is CCCCC(CC)Cc1c(C(=O)O)ccc(C(=O)O)c1C. The number of benzene rings is 1. The topological polar surface area (TPSA) is 74.6 Å². The lowest BCUT2D eigenvalue weighted by Gasteiger charge is -2.19. The van der Waals surface area contributed by atoms with Gasteiger partial charge in [0.2, 0.25) is 0 Å². The van der Waals surface area contributed by atoms with Crippen LogP contribution in [0.1, 0.15) is 71.4 Å². The summed E-state index contributed by atoms with van der Waals surface area (Å²) in [4.78, 5) is 22.6. The molecule has 4 heteroatoms. The van der Waals surface area contributed by atoms with Gasteiger partial charge in [0.05, 0.1) is 11.1 Å². The van der Waals surface area contributed by atoms with Crippen molar-refractivity contribution in [2.45, 2.75) is 52.9 Å². The Morgan fingerprint density at radius 2 is 1.67 bits per heavy atom. The van der Waals surface area contributed by atoms with Crippen LogP contribution in [0.15, 0.2) is 12.1 Å². The van der Waals surface area contributed by atoms with Gasteiger partial charge in [0.15, 0.2) is 0 Å². The highest BCUT2D eigenvalue weighted by Gasteiger charge is 2.20. The maximum Gasteiger partial charge on any atom is 0.335 e. The third-order valence-corrected chi connectivity index (χ3v) is 4.10. The van der Waals surface area contributed by atoms with Gasteiger partial charge in [-0.15, -0.1) is 0 Å². The van der Waals surface area contributed by atoms with E-state index < -0.39 is 11.9 Å². The van der Waals surface area contributed by atoms with Crippen LogP contribution in [0.25, 0.3) is 0 Å². The van der Waals surface area contributed by atoms with E-state index in [0.29, 0.717) is 23.5 Å². The fourth-order valence-corrected chi connectivity index (χ4v) is 2.68. The molecule has 1 rings (SSSR count). The zero-order chi connectivity index (χ0) is 16.0. The second-order valence-electron chi connectivity index (χ2n) is 5.50. The van der Waals surface area contributed by atoms with E-state index in [-0.39, 0.29) is 11.1 Å². The molecule has 1 unspecified atom stereocenters. The Morgan fingerprint density at radius 3 is 2.14 bits per heavy atom. The van der Waals surface area contributed by atoms with Crippen LogP contribution in [-0.4, -0.2) is 22.2 Å². The lowest BCUT2D eigenvalue weighted by Crippen LogP contribution is -2.13. The molecule has 0 saturated heterocycles. The molecule has 4 nitrogen and oxygen atoms in total. The van der Waals surface area contributed by atoms with Crippen LogP contribution in [-0.2, 0) is 6.42 Å². The summed E-state index contributed by atoms with van der Waals surface area (Å²) in [6, 6.07) is 2.80. The zero-order valence-corrected chi connectivity index (χ0v) is 13.0. The normalized spacial score (nSPS) is 12.1. The second-order valence-corrected chi connectivity index (χ2v) is 5.50. The quantitative estimate of drug-likeness (QED) is 0.754. The number of carboxylic acids is 2. The van der Waals surface area contributed by atoms with E-state index >= 15 is 0 Å². The molecular formula is C17H24O4. The number of unbranched alkanes of at least 4 members (excludes halogenated alkanes) is 1. The van der Waals surface area contributed by atoms with Crippen molar-refractivity contribution in [2.75, 3.05) is 0 Å². The first-order valence-electron chi connectivity index (χ1n) is 7.51. The Kier molecular flexibility index (Phi) is 6.40. The lowest BCUT2D eigenvalue weighted by atomic mass is 9.86. The van der Waals surface area contributed by atoms with Crippen LogP contribution in [0.2, 0.25) is 0 Å². The molecule has 0 amide bonds. The third kappa shape index (κ3) is 4.31. The Balaban J connectivity index is 3.20. The van der Waals surface area contributed by atoms with Gasteiger partial charge in [-0.1, -0.05) is 39.5 Å². The summed E-state index contributed by atoms with van der Waals surface area (Å²) >= 11 is 0. The van der Waals surface area contributed by atoms with Crippen molar-refractivity contribution in [2.24, 2.45) is 5.92 Å². The Bertz CT molecular complexity index is 520. The van der Waals surface area contributed by atoms with E-state index in [0.717, 1.165) is 25.7 Å². The molecule has 0 aliphatic rings. The minimum absolute atomic E-state index is 0.195. The number of carboxylic acid groups (broad SMARTS) is 2. The highest BCUT2D eigenvalue weighted by atomic mass is 16.4. The van der Waals surface area contributed by atoms with E-state index in [1.165, 1.54) is 12.1 Å². The summed E-state index contributed by atoms with van der Waals surface area (Å²) in [5.74, 6) is -1.60. The monoisotopic (exact) mass is 292 g/mol. The van der Waals surface area contributed by atoms with Crippen molar-refractivity contribution in [1.82, 2.24) is 0 Å². The van der Waals surface area contributed by atoms with E-state index in [1.54, 1.807) is 6.92 Å². The van der Waals surface area contributed by atoms with Crippen molar-refractivity contribution in [3.05, 3.63) is 34.4 Å². The van der Waals surface area contributed by atoms with Gasteiger partial charge in [0.25, 0.3) is 0 Å². The summed E-state index contributed by atoms with van der Waals surface area (Å²) in [5.41, 5.74) is 1.68. The summed E-state index contributed by atoms with van der Waals surface area (Å²) < 4.78 is 0. The van der Waals surface area contributed by atoms with Crippen LogP contribution in [0.3, 0.4) is 0 Å². The Labute approximate surface area is 125 Å². The minimum atomic E-state index is -1.01. The van der Waals surface area contributed by atoms with Crippen LogP contribution in [0, 0.1) is 12.8 Å². The average Bonchev–Trinajstić information content (AvgIpc) is 2.43. The first-order chi connectivity index (χ1) is 9.92. The van der Waals surface area contributed by atoms with Gasteiger partial charge in [-0.25, -0.2) is 9.59 Å². The molecule has 0 aliphatic carbocycles. The van der Waals surface area contributed by atoms with Gasteiger partial charge >= 0.3 is 11.9 Å². The molecule has 0 heterocycles. The first kappa shape index (κ1) is 17.2.